The molecule has 10 nitrogen and oxygen atoms in total. The molecule has 0 radical (unpaired) electrons. The second-order valence-corrected chi connectivity index (χ2v) is 34.2. The summed E-state index contributed by atoms with van der Waals surface area (Å²) in [5.74, 6) is -0.405. The summed E-state index contributed by atoms with van der Waals surface area (Å²) in [6, 6.07) is 12.6. The molecule has 4 fully saturated rings. The number of benzene rings is 3. The molecule has 0 N–H and O–H groups in total. The highest BCUT2D eigenvalue weighted by Gasteiger charge is 2.78. The first kappa shape index (κ1) is 46.7. The highest BCUT2D eigenvalue weighted by atomic mass is 28.4. The molecule has 354 valence electrons. The maximum Gasteiger partial charge on any atom is 0.352 e. The first-order valence-corrected chi connectivity index (χ1v) is 29.8. The highest BCUT2D eigenvalue weighted by molar-refractivity contribution is 6.75. The van der Waals surface area contributed by atoms with Crippen molar-refractivity contribution < 1.29 is 47.0 Å². The molecule has 2 saturated heterocycles. The average molecular weight is 935 g/mol. The highest BCUT2D eigenvalue weighted by Crippen LogP contribution is 2.68. The maximum absolute atomic E-state index is 15.0. The molecule has 3 aromatic carbocycles. The van der Waals surface area contributed by atoms with Crippen LogP contribution in [0.1, 0.15) is 143 Å². The lowest BCUT2D eigenvalue weighted by Gasteiger charge is -2.39. The van der Waals surface area contributed by atoms with E-state index >= 15 is 0 Å². The summed E-state index contributed by atoms with van der Waals surface area (Å²) < 4.78 is 39.9. The van der Waals surface area contributed by atoms with Crippen LogP contribution in [-0.4, -0.2) is 51.7 Å². The third kappa shape index (κ3) is 6.00. The number of ether oxygens (including phenoxy) is 4. The Morgan fingerprint density at radius 3 is 1.50 bits per heavy atom. The van der Waals surface area contributed by atoms with Gasteiger partial charge in [0.25, 0.3) is 16.6 Å². The second kappa shape index (κ2) is 14.1. The van der Waals surface area contributed by atoms with Gasteiger partial charge < -0.3 is 27.8 Å². The van der Waals surface area contributed by atoms with Crippen molar-refractivity contribution in [2.75, 3.05) is 0 Å². The van der Waals surface area contributed by atoms with Gasteiger partial charge in [-0.05, 0) is 135 Å². The number of rotatable bonds is 8. The second-order valence-electron chi connectivity index (χ2n) is 24.8. The molecule has 2 unspecified atom stereocenters. The standard InChI is InChI=1S/C54H70O10Si2/c1-47(2,3)65(13,14)63-36-24-26-38(64-66(15,16)48(4,5)6)42-34(36)22-20-32-18-17-31-19-21-33-35(59-45(57)53-29-27-51(11,43(55)61-53)49(53,7)8)23-25-37(41(33)39(31)40(32)42)60-46(58)54-30-28-52(12,44(56)62-54)50(54,9)10/h19-26,35,37H,17-18,27-30H2,1-16H3/t35?,37?,51-,52-,53+,54+/m0/s1. The molecule has 0 amide bonds. The van der Waals surface area contributed by atoms with E-state index in [9.17, 15) is 19.2 Å². The van der Waals surface area contributed by atoms with Crippen LogP contribution in [0.4, 0.5) is 0 Å². The number of fused-ring (bicyclic) bond motifs is 11. The van der Waals surface area contributed by atoms with Gasteiger partial charge in [0.2, 0.25) is 11.2 Å². The van der Waals surface area contributed by atoms with Gasteiger partial charge in [-0.3, -0.25) is 9.59 Å². The molecule has 2 aliphatic heterocycles. The Hall–Kier alpha value is -4.43. The van der Waals surface area contributed by atoms with E-state index in [2.05, 4.69) is 98.1 Å². The third-order valence-electron chi connectivity index (χ3n) is 19.2. The molecule has 3 aromatic rings. The zero-order chi connectivity index (χ0) is 48.4. The Balaban J connectivity index is 1.26. The molecule has 12 heteroatoms. The monoisotopic (exact) mass is 934 g/mol. The fraction of sp³-hybridized carbons (Fsp3) is 0.593. The van der Waals surface area contributed by atoms with Crippen LogP contribution in [0, 0.1) is 21.7 Å². The zero-order valence-electron chi connectivity index (χ0n) is 42.1. The van der Waals surface area contributed by atoms with Crippen LogP contribution >= 0.6 is 0 Å². The molecule has 66 heavy (non-hydrogen) atoms. The van der Waals surface area contributed by atoms with E-state index in [4.69, 9.17) is 27.8 Å². The fourth-order valence-corrected chi connectivity index (χ4v) is 13.5. The number of carbonyl (C=O) groups excluding carboxylic acids is 4. The molecule has 6 atom stereocenters. The van der Waals surface area contributed by atoms with Crippen LogP contribution in [0.2, 0.25) is 36.3 Å². The molecular formula is C54H70O10Si2. The summed E-state index contributed by atoms with van der Waals surface area (Å²) in [4.78, 5) is 56.4. The molecule has 2 heterocycles. The summed E-state index contributed by atoms with van der Waals surface area (Å²) in [7, 11) is -4.76. The van der Waals surface area contributed by atoms with E-state index in [0.717, 1.165) is 50.9 Å². The molecule has 6 aliphatic rings. The molecule has 4 aliphatic carbocycles. The molecule has 2 saturated carbocycles. The summed E-state index contributed by atoms with van der Waals surface area (Å²) >= 11 is 0. The molecule has 4 bridgehead atoms. The Labute approximate surface area is 393 Å². The van der Waals surface area contributed by atoms with Gasteiger partial charge in [-0.2, -0.15) is 0 Å². The topological polar surface area (TPSA) is 124 Å². The van der Waals surface area contributed by atoms with Gasteiger partial charge in [-0.1, -0.05) is 93.5 Å². The van der Waals surface area contributed by atoms with Gasteiger partial charge in [0.05, 0.1) is 10.8 Å². The Bertz CT molecular complexity index is 2680. The average Bonchev–Trinajstić information content (AvgIpc) is 3.68. The van der Waals surface area contributed by atoms with Crippen molar-refractivity contribution in [3.05, 3.63) is 70.8 Å². The predicted octanol–water partition coefficient (Wildman–Crippen LogP) is 12.4. The Kier molecular flexibility index (Phi) is 9.96. The first-order valence-electron chi connectivity index (χ1n) is 24.0. The van der Waals surface area contributed by atoms with E-state index in [-0.39, 0.29) is 22.0 Å². The van der Waals surface area contributed by atoms with Gasteiger partial charge in [0.1, 0.15) is 23.7 Å². The van der Waals surface area contributed by atoms with Crippen LogP contribution in [0.3, 0.4) is 0 Å². The number of carbonyl (C=O) groups is 4. The van der Waals surface area contributed by atoms with Crippen molar-refractivity contribution >= 4 is 51.3 Å². The van der Waals surface area contributed by atoms with Crippen LogP contribution in [0.15, 0.2) is 48.6 Å². The van der Waals surface area contributed by atoms with Crippen molar-refractivity contribution in [2.45, 2.75) is 181 Å². The van der Waals surface area contributed by atoms with E-state index in [0.29, 0.717) is 43.2 Å². The van der Waals surface area contributed by atoms with E-state index < -0.39 is 73.6 Å². The molecule has 9 rings (SSSR count). The normalized spacial score (nSPS) is 30.3. The largest absolute Gasteiger partial charge is 0.543 e. The summed E-state index contributed by atoms with van der Waals surface area (Å²) in [6.07, 6.45) is 4.94. The lowest BCUT2D eigenvalue weighted by atomic mass is 9.66. The maximum atomic E-state index is 15.0. The lowest BCUT2D eigenvalue weighted by molar-refractivity contribution is -0.187. The minimum Gasteiger partial charge on any atom is -0.543 e. The number of hydrogen-bond acceptors (Lipinski definition) is 10. The SMILES string of the molecule is CC1(C)[C@@]2(C)CC[C@]1(C(=O)OC1C=CC(OC(=O)[C@@]34CC[C@@](C)(C(=O)O3)C4(C)C)c3c1ccc1c3-c3c(ccc4c(O[Si](C)(C)C(C)(C)C)ccc(O[Si](C)(C)C(C)(C)C)c34)CC1)OC2=O. The first-order chi connectivity index (χ1) is 30.3. The lowest BCUT2D eigenvalue weighted by Crippen LogP contribution is -2.49. The summed E-state index contributed by atoms with van der Waals surface area (Å²) in [5, 5.41) is 1.69. The third-order valence-corrected chi connectivity index (χ3v) is 27.8. The zero-order valence-corrected chi connectivity index (χ0v) is 44.1. The minimum atomic E-state index is -2.43. The Morgan fingerprint density at radius 1 is 0.591 bits per heavy atom. The summed E-state index contributed by atoms with van der Waals surface area (Å²) in [5.41, 5.74) is -0.836. The van der Waals surface area contributed by atoms with E-state index in [1.807, 2.05) is 47.6 Å². The van der Waals surface area contributed by atoms with Crippen molar-refractivity contribution in [3.63, 3.8) is 0 Å². The molecule has 0 aromatic heterocycles. The van der Waals surface area contributed by atoms with Gasteiger partial charge in [0.15, 0.2) is 0 Å². The van der Waals surface area contributed by atoms with Crippen molar-refractivity contribution in [3.8, 4) is 22.6 Å². The van der Waals surface area contributed by atoms with E-state index in [1.54, 1.807) is 12.2 Å². The summed E-state index contributed by atoms with van der Waals surface area (Å²) in [6.45, 7) is 33.9. The predicted molar refractivity (Wildman–Crippen MR) is 259 cm³/mol. The van der Waals surface area contributed by atoms with Crippen molar-refractivity contribution in [2.24, 2.45) is 21.7 Å². The number of esters is 4. The van der Waals surface area contributed by atoms with Gasteiger partial charge >= 0.3 is 23.9 Å². The Morgan fingerprint density at radius 2 is 1.03 bits per heavy atom. The van der Waals surface area contributed by atoms with Crippen LogP contribution in [-0.2, 0) is 51.0 Å². The van der Waals surface area contributed by atoms with Crippen LogP contribution in [0.25, 0.3) is 21.9 Å². The van der Waals surface area contributed by atoms with Crippen LogP contribution in [0.5, 0.6) is 11.5 Å². The van der Waals surface area contributed by atoms with Crippen LogP contribution < -0.4 is 8.85 Å². The van der Waals surface area contributed by atoms with Gasteiger partial charge in [-0.25, -0.2) is 9.59 Å². The fourth-order valence-electron chi connectivity index (χ4n) is 11.4. The molecule has 0 spiro atoms. The number of hydrogen-bond donors (Lipinski definition) is 0. The van der Waals surface area contributed by atoms with Gasteiger partial charge in [0, 0.05) is 32.7 Å². The van der Waals surface area contributed by atoms with Crippen molar-refractivity contribution in [1.29, 1.82) is 0 Å². The number of aryl methyl sites for hydroxylation is 2. The van der Waals surface area contributed by atoms with Gasteiger partial charge in [-0.15, -0.1) is 0 Å². The quantitative estimate of drug-likeness (QED) is 0.0933. The van der Waals surface area contributed by atoms with Crippen molar-refractivity contribution in [1.82, 2.24) is 0 Å². The smallest absolute Gasteiger partial charge is 0.352 e. The molecular weight excluding hydrogens is 865 g/mol. The van der Waals surface area contributed by atoms with E-state index in [1.165, 1.54) is 0 Å². The minimum absolute atomic E-state index is 0.0629.